The lowest BCUT2D eigenvalue weighted by Crippen LogP contribution is -2.27. The van der Waals surface area contributed by atoms with E-state index in [2.05, 4.69) is 23.9 Å². The van der Waals surface area contributed by atoms with Gasteiger partial charge in [-0.3, -0.25) is 0 Å². The third-order valence-corrected chi connectivity index (χ3v) is 1.32. The molecule has 0 saturated heterocycles. The van der Waals surface area contributed by atoms with E-state index in [1.807, 2.05) is 0 Å². The lowest BCUT2D eigenvalue weighted by Gasteiger charge is -2.07. The van der Waals surface area contributed by atoms with Crippen molar-refractivity contribution in [3.05, 3.63) is 0 Å². The molecule has 4 heteroatoms. The maximum absolute atomic E-state index is 10.8. The van der Waals surface area contributed by atoms with Crippen LogP contribution in [0.1, 0.15) is 20.8 Å². The molecule has 0 radical (unpaired) electrons. The SMILES string of the molecule is CCOC(=O)COCCNC(C)C. The minimum Gasteiger partial charge on any atom is -0.464 e. The summed E-state index contributed by atoms with van der Waals surface area (Å²) in [5, 5.41) is 3.17. The summed E-state index contributed by atoms with van der Waals surface area (Å²) in [5.41, 5.74) is 0. The molecule has 1 N–H and O–H groups in total. The van der Waals surface area contributed by atoms with Gasteiger partial charge in [-0.15, -0.1) is 0 Å². The molecule has 0 heterocycles. The number of hydrogen-bond donors (Lipinski definition) is 1. The maximum Gasteiger partial charge on any atom is 0.332 e. The Balaban J connectivity index is 3.11. The van der Waals surface area contributed by atoms with E-state index in [0.717, 1.165) is 6.54 Å². The van der Waals surface area contributed by atoms with Crippen molar-refractivity contribution >= 4 is 5.97 Å². The molecule has 0 fully saturated rings. The summed E-state index contributed by atoms with van der Waals surface area (Å²) in [6, 6.07) is 0.450. The molecule has 0 atom stereocenters. The topological polar surface area (TPSA) is 47.6 Å². The normalized spacial score (nSPS) is 10.5. The largest absolute Gasteiger partial charge is 0.464 e. The molecular weight excluding hydrogens is 170 g/mol. The first-order valence-electron chi connectivity index (χ1n) is 4.63. The van der Waals surface area contributed by atoms with Crippen molar-refractivity contribution < 1.29 is 14.3 Å². The number of rotatable bonds is 7. The van der Waals surface area contributed by atoms with E-state index in [9.17, 15) is 4.79 Å². The van der Waals surface area contributed by atoms with Crippen LogP contribution >= 0.6 is 0 Å². The van der Waals surface area contributed by atoms with E-state index in [1.165, 1.54) is 0 Å². The smallest absolute Gasteiger partial charge is 0.332 e. The molecule has 0 saturated carbocycles. The molecule has 0 aromatic rings. The average molecular weight is 189 g/mol. The van der Waals surface area contributed by atoms with Crippen molar-refractivity contribution in [1.82, 2.24) is 5.32 Å². The fourth-order valence-corrected chi connectivity index (χ4v) is 0.778. The molecule has 0 rings (SSSR count). The monoisotopic (exact) mass is 189 g/mol. The standard InChI is InChI=1S/C9H19NO3/c1-4-13-9(11)7-12-6-5-10-8(2)3/h8,10H,4-7H2,1-3H3. The second kappa shape index (κ2) is 8.01. The van der Waals surface area contributed by atoms with E-state index in [-0.39, 0.29) is 12.6 Å². The van der Waals surface area contributed by atoms with Crippen molar-refractivity contribution in [2.24, 2.45) is 0 Å². The van der Waals surface area contributed by atoms with E-state index >= 15 is 0 Å². The third kappa shape index (κ3) is 9.30. The van der Waals surface area contributed by atoms with Crippen molar-refractivity contribution in [3.8, 4) is 0 Å². The zero-order valence-corrected chi connectivity index (χ0v) is 8.63. The molecule has 0 unspecified atom stereocenters. The quantitative estimate of drug-likeness (QED) is 0.469. The van der Waals surface area contributed by atoms with Gasteiger partial charge >= 0.3 is 5.97 Å². The lowest BCUT2D eigenvalue weighted by molar-refractivity contribution is -0.148. The van der Waals surface area contributed by atoms with Crippen molar-refractivity contribution in [3.63, 3.8) is 0 Å². The summed E-state index contributed by atoms with van der Waals surface area (Å²) in [5.74, 6) is -0.299. The van der Waals surface area contributed by atoms with Gasteiger partial charge in [0, 0.05) is 12.6 Å². The minimum absolute atomic E-state index is 0.0492. The van der Waals surface area contributed by atoms with E-state index in [1.54, 1.807) is 6.92 Å². The summed E-state index contributed by atoms with van der Waals surface area (Å²) in [4.78, 5) is 10.8. The van der Waals surface area contributed by atoms with Crippen LogP contribution in [0.3, 0.4) is 0 Å². The van der Waals surface area contributed by atoms with Crippen LogP contribution in [-0.4, -0.2) is 38.4 Å². The molecule has 0 aromatic heterocycles. The third-order valence-electron chi connectivity index (χ3n) is 1.32. The molecule has 0 bridgehead atoms. The van der Waals surface area contributed by atoms with Gasteiger partial charge in [-0.05, 0) is 6.92 Å². The Morgan fingerprint density at radius 1 is 1.46 bits per heavy atom. The zero-order chi connectivity index (χ0) is 10.1. The highest BCUT2D eigenvalue weighted by Gasteiger charge is 2.00. The second-order valence-corrected chi connectivity index (χ2v) is 2.97. The Morgan fingerprint density at radius 2 is 2.15 bits per heavy atom. The summed E-state index contributed by atoms with van der Waals surface area (Å²) in [6.45, 7) is 7.66. The molecule has 13 heavy (non-hydrogen) atoms. The first kappa shape index (κ1) is 12.4. The molecule has 0 aliphatic heterocycles. The molecule has 78 valence electrons. The van der Waals surface area contributed by atoms with Crippen LogP contribution in [0.25, 0.3) is 0 Å². The highest BCUT2D eigenvalue weighted by Crippen LogP contribution is 1.81. The molecule has 0 amide bonds. The Morgan fingerprint density at radius 3 is 2.69 bits per heavy atom. The maximum atomic E-state index is 10.8. The highest BCUT2D eigenvalue weighted by atomic mass is 16.6. The van der Waals surface area contributed by atoms with Gasteiger partial charge in [0.2, 0.25) is 0 Å². The molecule has 0 spiro atoms. The van der Waals surface area contributed by atoms with Crippen LogP contribution in [-0.2, 0) is 14.3 Å². The summed E-state index contributed by atoms with van der Waals surface area (Å²) >= 11 is 0. The van der Waals surface area contributed by atoms with Gasteiger partial charge in [0.05, 0.1) is 13.2 Å². The van der Waals surface area contributed by atoms with Gasteiger partial charge in [0.25, 0.3) is 0 Å². The molecular formula is C9H19NO3. The molecule has 0 aliphatic carbocycles. The van der Waals surface area contributed by atoms with Gasteiger partial charge in [0.1, 0.15) is 6.61 Å². The second-order valence-electron chi connectivity index (χ2n) is 2.97. The van der Waals surface area contributed by atoms with Gasteiger partial charge in [-0.1, -0.05) is 13.8 Å². The van der Waals surface area contributed by atoms with Crippen LogP contribution < -0.4 is 5.32 Å². The van der Waals surface area contributed by atoms with Crippen LogP contribution in [0.2, 0.25) is 0 Å². The average Bonchev–Trinajstić information content (AvgIpc) is 2.03. The fourth-order valence-electron chi connectivity index (χ4n) is 0.778. The first-order valence-corrected chi connectivity index (χ1v) is 4.63. The van der Waals surface area contributed by atoms with Crippen molar-refractivity contribution in [2.75, 3.05) is 26.4 Å². The Kier molecular flexibility index (Phi) is 7.63. The number of ether oxygens (including phenoxy) is 2. The summed E-state index contributed by atoms with van der Waals surface area (Å²) in [7, 11) is 0. The number of carbonyl (C=O) groups excluding carboxylic acids is 1. The predicted octanol–water partition coefficient (Wildman–Crippen LogP) is 0.564. The summed E-state index contributed by atoms with van der Waals surface area (Å²) < 4.78 is 9.75. The Bertz CT molecular complexity index is 137. The minimum atomic E-state index is -0.299. The van der Waals surface area contributed by atoms with Crippen molar-refractivity contribution in [1.29, 1.82) is 0 Å². The van der Waals surface area contributed by atoms with Crippen LogP contribution in [0.5, 0.6) is 0 Å². The molecule has 4 nitrogen and oxygen atoms in total. The number of carbonyl (C=O) groups is 1. The van der Waals surface area contributed by atoms with Gasteiger partial charge in [-0.2, -0.15) is 0 Å². The van der Waals surface area contributed by atoms with Gasteiger partial charge in [-0.25, -0.2) is 4.79 Å². The summed E-state index contributed by atoms with van der Waals surface area (Å²) in [6.07, 6.45) is 0. The van der Waals surface area contributed by atoms with E-state index in [4.69, 9.17) is 4.74 Å². The van der Waals surface area contributed by atoms with Crippen LogP contribution in [0.4, 0.5) is 0 Å². The zero-order valence-electron chi connectivity index (χ0n) is 8.63. The number of esters is 1. The number of nitrogens with one attached hydrogen (secondary N) is 1. The number of hydrogen-bond acceptors (Lipinski definition) is 4. The van der Waals surface area contributed by atoms with E-state index < -0.39 is 0 Å². The highest BCUT2D eigenvalue weighted by molar-refractivity contribution is 5.70. The molecule has 0 aliphatic rings. The first-order chi connectivity index (χ1) is 6.16. The van der Waals surface area contributed by atoms with Crippen LogP contribution in [0.15, 0.2) is 0 Å². The molecule has 0 aromatic carbocycles. The predicted molar refractivity (Wildman–Crippen MR) is 50.6 cm³/mol. The lowest BCUT2D eigenvalue weighted by atomic mass is 10.4. The van der Waals surface area contributed by atoms with Gasteiger partial charge < -0.3 is 14.8 Å². The van der Waals surface area contributed by atoms with Gasteiger partial charge in [0.15, 0.2) is 0 Å². The van der Waals surface area contributed by atoms with E-state index in [0.29, 0.717) is 19.3 Å². The fraction of sp³-hybridized carbons (Fsp3) is 0.889. The Labute approximate surface area is 79.6 Å². The van der Waals surface area contributed by atoms with Crippen LogP contribution in [0, 0.1) is 0 Å². The Hall–Kier alpha value is -0.610. The van der Waals surface area contributed by atoms with Crippen molar-refractivity contribution in [2.45, 2.75) is 26.8 Å².